The molecule has 1 amide bonds. The first-order valence-corrected chi connectivity index (χ1v) is 12.8. The van der Waals surface area contributed by atoms with Crippen molar-refractivity contribution in [3.63, 3.8) is 0 Å². The lowest BCUT2D eigenvalue weighted by Gasteiger charge is -2.29. The first kappa shape index (κ1) is 25.7. The van der Waals surface area contributed by atoms with E-state index < -0.39 is 6.04 Å². The van der Waals surface area contributed by atoms with E-state index in [4.69, 9.17) is 26.1 Å². The molecule has 1 aliphatic heterocycles. The molecule has 9 heteroatoms. The summed E-state index contributed by atoms with van der Waals surface area (Å²) in [6.45, 7) is 6.79. The minimum atomic E-state index is -0.674. The number of aromatic nitrogens is 1. The third kappa shape index (κ3) is 4.58. The van der Waals surface area contributed by atoms with Crippen LogP contribution in [-0.4, -0.2) is 42.7 Å². The number of ether oxygens (including phenoxy) is 2. The summed E-state index contributed by atoms with van der Waals surface area (Å²) in [6, 6.07) is 12.1. The van der Waals surface area contributed by atoms with Crippen LogP contribution in [0, 0.1) is 0 Å². The van der Waals surface area contributed by atoms with Crippen LogP contribution in [0.4, 0.5) is 0 Å². The number of carbonyl (C=O) groups excluding carboxylic acids is 1. The van der Waals surface area contributed by atoms with Crippen molar-refractivity contribution in [2.45, 2.75) is 26.8 Å². The fourth-order valence-corrected chi connectivity index (χ4v) is 5.70. The number of halogens is 1. The Morgan fingerprint density at radius 1 is 1.14 bits per heavy atom. The van der Waals surface area contributed by atoms with Gasteiger partial charge in [0.25, 0.3) is 11.5 Å². The topological polar surface area (TPSA) is 73.1 Å². The standard InChI is InChI=1S/C27H28ClN3O4S/c1-6-30(7-2)26(33)23-16(3)29-27-31(24(23)18-10-8-9-11-20(18)34-4)25(32)22(36-27)15-17-12-13-21(35-5)19(28)14-17/h8-15,24H,6-7H2,1-5H3/b22-15-/t24-/m1/s1. The summed E-state index contributed by atoms with van der Waals surface area (Å²) in [6.07, 6.45) is 1.78. The van der Waals surface area contributed by atoms with Gasteiger partial charge >= 0.3 is 0 Å². The van der Waals surface area contributed by atoms with Crippen LogP contribution >= 0.6 is 22.9 Å². The van der Waals surface area contributed by atoms with Crippen LogP contribution in [0.1, 0.15) is 37.9 Å². The Bertz CT molecular complexity index is 1520. The van der Waals surface area contributed by atoms with Crippen molar-refractivity contribution in [1.82, 2.24) is 9.47 Å². The van der Waals surface area contributed by atoms with Crippen LogP contribution in [0.2, 0.25) is 5.02 Å². The number of hydrogen-bond donors (Lipinski definition) is 0. The Kier molecular flexibility index (Phi) is 7.66. The maximum atomic E-state index is 13.8. The Morgan fingerprint density at radius 2 is 1.83 bits per heavy atom. The largest absolute Gasteiger partial charge is 0.496 e. The normalized spacial score (nSPS) is 15.4. The van der Waals surface area contributed by atoms with Gasteiger partial charge in [-0.2, -0.15) is 0 Å². The minimum Gasteiger partial charge on any atom is -0.496 e. The van der Waals surface area contributed by atoms with Gasteiger partial charge in [-0.25, -0.2) is 4.99 Å². The Labute approximate surface area is 218 Å². The van der Waals surface area contributed by atoms with Gasteiger partial charge < -0.3 is 14.4 Å². The number of likely N-dealkylation sites (N-methyl/N-ethyl adjacent to an activating group) is 1. The number of thiazole rings is 1. The Balaban J connectivity index is 1.97. The zero-order valence-corrected chi connectivity index (χ0v) is 22.4. The van der Waals surface area contributed by atoms with Gasteiger partial charge in [0, 0.05) is 18.7 Å². The molecule has 2 aromatic carbocycles. The minimum absolute atomic E-state index is 0.145. The maximum absolute atomic E-state index is 13.8. The molecule has 4 rings (SSSR count). The number of hydrogen-bond acceptors (Lipinski definition) is 6. The summed E-state index contributed by atoms with van der Waals surface area (Å²) in [4.78, 5) is 34.5. The van der Waals surface area contributed by atoms with E-state index in [1.807, 2.05) is 51.1 Å². The highest BCUT2D eigenvalue weighted by Crippen LogP contribution is 2.36. The van der Waals surface area contributed by atoms with Crippen molar-refractivity contribution in [2.24, 2.45) is 4.99 Å². The van der Waals surface area contributed by atoms with E-state index in [1.54, 1.807) is 41.9 Å². The number of rotatable bonds is 7. The van der Waals surface area contributed by atoms with Crippen LogP contribution < -0.4 is 24.4 Å². The first-order chi connectivity index (χ1) is 17.3. The number of fused-ring (bicyclic) bond motifs is 1. The number of para-hydroxylation sites is 1. The van der Waals surface area contributed by atoms with Crippen LogP contribution in [0.25, 0.3) is 6.08 Å². The average molecular weight is 526 g/mol. The third-order valence-corrected chi connectivity index (χ3v) is 7.49. The van der Waals surface area contributed by atoms with Crippen LogP contribution in [0.15, 0.2) is 63.5 Å². The molecule has 0 aliphatic carbocycles. The van der Waals surface area contributed by atoms with Gasteiger partial charge in [0.2, 0.25) is 0 Å². The van der Waals surface area contributed by atoms with Crippen molar-refractivity contribution in [3.8, 4) is 11.5 Å². The number of nitrogens with zero attached hydrogens (tertiary/aromatic N) is 3. The zero-order chi connectivity index (χ0) is 26.0. The number of carbonyl (C=O) groups is 1. The predicted octanol–water partition coefficient (Wildman–Crippen LogP) is 3.77. The van der Waals surface area contributed by atoms with E-state index in [0.29, 0.717) is 50.2 Å². The summed E-state index contributed by atoms with van der Waals surface area (Å²) in [5.74, 6) is 1.01. The monoisotopic (exact) mass is 525 g/mol. The van der Waals surface area contributed by atoms with Crippen molar-refractivity contribution in [3.05, 3.63) is 89.6 Å². The lowest BCUT2D eigenvalue weighted by Crippen LogP contribution is -2.43. The fraction of sp³-hybridized carbons (Fsp3) is 0.296. The highest BCUT2D eigenvalue weighted by Gasteiger charge is 2.35. The lowest BCUT2D eigenvalue weighted by molar-refractivity contribution is -0.127. The molecule has 1 aliphatic rings. The molecule has 1 aromatic heterocycles. The molecule has 0 radical (unpaired) electrons. The maximum Gasteiger partial charge on any atom is 0.271 e. The molecular weight excluding hydrogens is 498 g/mol. The molecule has 3 aromatic rings. The molecule has 2 heterocycles. The molecule has 0 fully saturated rings. The molecular formula is C27H28ClN3O4S. The van der Waals surface area contributed by atoms with E-state index >= 15 is 0 Å². The summed E-state index contributed by atoms with van der Waals surface area (Å²) >= 11 is 7.57. The highest BCUT2D eigenvalue weighted by molar-refractivity contribution is 7.07. The van der Waals surface area contributed by atoms with E-state index in [2.05, 4.69) is 0 Å². The van der Waals surface area contributed by atoms with Crippen LogP contribution in [0.3, 0.4) is 0 Å². The number of amides is 1. The average Bonchev–Trinajstić information content (AvgIpc) is 3.18. The molecule has 0 bridgehead atoms. The Morgan fingerprint density at radius 3 is 2.47 bits per heavy atom. The SMILES string of the molecule is CCN(CC)C(=O)C1=C(C)N=c2s/c(=C\c3ccc(OC)c(Cl)c3)c(=O)n2[C@@H]1c1ccccc1OC. The van der Waals surface area contributed by atoms with Crippen molar-refractivity contribution >= 4 is 34.9 Å². The number of benzene rings is 2. The molecule has 0 N–H and O–H groups in total. The summed E-state index contributed by atoms with van der Waals surface area (Å²) in [5.41, 5.74) is 2.30. The second kappa shape index (κ2) is 10.7. The fourth-order valence-electron chi connectivity index (χ4n) is 4.39. The summed E-state index contributed by atoms with van der Waals surface area (Å²) < 4.78 is 13.0. The van der Waals surface area contributed by atoms with E-state index in [-0.39, 0.29) is 11.5 Å². The molecule has 1 atom stereocenters. The van der Waals surface area contributed by atoms with Crippen molar-refractivity contribution in [2.75, 3.05) is 27.3 Å². The van der Waals surface area contributed by atoms with Gasteiger partial charge in [0.1, 0.15) is 17.5 Å². The quantitative estimate of drug-likeness (QED) is 0.470. The summed E-state index contributed by atoms with van der Waals surface area (Å²) in [5, 5.41) is 0.453. The van der Waals surface area contributed by atoms with E-state index in [9.17, 15) is 9.59 Å². The first-order valence-electron chi connectivity index (χ1n) is 11.6. The van der Waals surface area contributed by atoms with Gasteiger partial charge in [0.15, 0.2) is 4.80 Å². The molecule has 0 unspecified atom stereocenters. The molecule has 7 nitrogen and oxygen atoms in total. The summed E-state index contributed by atoms with van der Waals surface area (Å²) in [7, 11) is 3.13. The van der Waals surface area contributed by atoms with Gasteiger partial charge in [0.05, 0.1) is 35.0 Å². The smallest absolute Gasteiger partial charge is 0.271 e. The molecule has 0 saturated heterocycles. The van der Waals surface area contributed by atoms with Gasteiger partial charge in [-0.05, 0) is 50.6 Å². The van der Waals surface area contributed by atoms with E-state index in [1.165, 1.54) is 11.3 Å². The molecule has 0 spiro atoms. The number of methoxy groups -OCH3 is 2. The van der Waals surface area contributed by atoms with E-state index in [0.717, 1.165) is 11.1 Å². The van der Waals surface area contributed by atoms with Gasteiger partial charge in [-0.1, -0.05) is 47.2 Å². The molecule has 188 valence electrons. The number of allylic oxidation sites excluding steroid dienone is 1. The van der Waals surface area contributed by atoms with Crippen LogP contribution in [0.5, 0.6) is 11.5 Å². The van der Waals surface area contributed by atoms with Crippen molar-refractivity contribution < 1.29 is 14.3 Å². The predicted molar refractivity (Wildman–Crippen MR) is 143 cm³/mol. The van der Waals surface area contributed by atoms with Crippen molar-refractivity contribution in [1.29, 1.82) is 0 Å². The molecule has 36 heavy (non-hydrogen) atoms. The lowest BCUT2D eigenvalue weighted by atomic mass is 9.94. The third-order valence-electron chi connectivity index (χ3n) is 6.21. The second-order valence-electron chi connectivity index (χ2n) is 8.20. The molecule has 0 saturated carbocycles. The Hall–Kier alpha value is -3.36. The highest BCUT2D eigenvalue weighted by atomic mass is 35.5. The van der Waals surface area contributed by atoms with Gasteiger partial charge in [-0.3, -0.25) is 14.2 Å². The zero-order valence-electron chi connectivity index (χ0n) is 20.9. The van der Waals surface area contributed by atoms with Gasteiger partial charge in [-0.15, -0.1) is 0 Å². The van der Waals surface area contributed by atoms with Crippen LogP contribution in [-0.2, 0) is 4.79 Å². The second-order valence-corrected chi connectivity index (χ2v) is 9.61.